The molecule has 0 aromatic rings. The van der Waals surface area contributed by atoms with Crippen LogP contribution < -0.4 is 0 Å². The van der Waals surface area contributed by atoms with Crippen molar-refractivity contribution in [1.29, 1.82) is 0 Å². The molecule has 0 heterocycles. The number of rotatable bonds is 6. The van der Waals surface area contributed by atoms with Gasteiger partial charge in [-0.25, -0.2) is 0 Å². The highest BCUT2D eigenvalue weighted by molar-refractivity contribution is 4.73. The van der Waals surface area contributed by atoms with Crippen LogP contribution in [0.3, 0.4) is 0 Å². The highest BCUT2D eigenvalue weighted by Crippen LogP contribution is 2.14. The van der Waals surface area contributed by atoms with Crippen LogP contribution >= 0.6 is 0 Å². The SMILES string of the molecule is CCC(O)(CC)COCC(C)C. The van der Waals surface area contributed by atoms with Crippen molar-refractivity contribution in [3.8, 4) is 0 Å². The van der Waals surface area contributed by atoms with Gasteiger partial charge in [0.1, 0.15) is 0 Å². The van der Waals surface area contributed by atoms with Crippen molar-refractivity contribution in [2.24, 2.45) is 5.92 Å². The second kappa shape index (κ2) is 5.55. The van der Waals surface area contributed by atoms with Crippen LogP contribution in [0.5, 0.6) is 0 Å². The van der Waals surface area contributed by atoms with Gasteiger partial charge in [0.05, 0.1) is 12.2 Å². The van der Waals surface area contributed by atoms with Crippen LogP contribution in [0.4, 0.5) is 0 Å². The number of aliphatic hydroxyl groups is 1. The molecular formula is C10H22O2. The Labute approximate surface area is 75.9 Å². The molecule has 0 rings (SSSR count). The van der Waals surface area contributed by atoms with Crippen molar-refractivity contribution in [3.63, 3.8) is 0 Å². The lowest BCUT2D eigenvalue weighted by Crippen LogP contribution is -2.33. The van der Waals surface area contributed by atoms with Crippen molar-refractivity contribution in [2.75, 3.05) is 13.2 Å². The van der Waals surface area contributed by atoms with Gasteiger partial charge in [0.2, 0.25) is 0 Å². The molecule has 12 heavy (non-hydrogen) atoms. The van der Waals surface area contributed by atoms with Gasteiger partial charge in [0.25, 0.3) is 0 Å². The van der Waals surface area contributed by atoms with Gasteiger partial charge >= 0.3 is 0 Å². The lowest BCUT2D eigenvalue weighted by atomic mass is 9.99. The van der Waals surface area contributed by atoms with Crippen LogP contribution in [0, 0.1) is 5.92 Å². The highest BCUT2D eigenvalue weighted by atomic mass is 16.5. The van der Waals surface area contributed by atoms with Gasteiger partial charge in [-0.15, -0.1) is 0 Å². The molecule has 74 valence electrons. The molecule has 0 fully saturated rings. The molecule has 1 N–H and O–H groups in total. The largest absolute Gasteiger partial charge is 0.388 e. The minimum Gasteiger partial charge on any atom is -0.388 e. The molecular weight excluding hydrogens is 152 g/mol. The maximum Gasteiger partial charge on any atom is 0.0874 e. The average molecular weight is 174 g/mol. The summed E-state index contributed by atoms with van der Waals surface area (Å²) in [6, 6.07) is 0. The van der Waals surface area contributed by atoms with E-state index in [1.165, 1.54) is 0 Å². The summed E-state index contributed by atoms with van der Waals surface area (Å²) >= 11 is 0. The third-order valence-electron chi connectivity index (χ3n) is 2.14. The molecule has 0 amide bonds. The van der Waals surface area contributed by atoms with Crippen molar-refractivity contribution in [3.05, 3.63) is 0 Å². The molecule has 0 saturated heterocycles. The van der Waals surface area contributed by atoms with Gasteiger partial charge in [-0.2, -0.15) is 0 Å². The summed E-state index contributed by atoms with van der Waals surface area (Å²) in [7, 11) is 0. The van der Waals surface area contributed by atoms with E-state index in [2.05, 4.69) is 13.8 Å². The van der Waals surface area contributed by atoms with E-state index in [4.69, 9.17) is 4.74 Å². The zero-order valence-electron chi connectivity index (χ0n) is 8.76. The monoisotopic (exact) mass is 174 g/mol. The summed E-state index contributed by atoms with van der Waals surface area (Å²) in [5.41, 5.74) is -0.602. The predicted octanol–water partition coefficient (Wildman–Crippen LogP) is 2.21. The Hall–Kier alpha value is -0.0800. The van der Waals surface area contributed by atoms with Gasteiger partial charge < -0.3 is 9.84 Å². The Morgan fingerprint density at radius 1 is 1.25 bits per heavy atom. The summed E-state index contributed by atoms with van der Waals surface area (Å²) in [6.45, 7) is 9.40. The molecule has 0 aliphatic carbocycles. The van der Waals surface area contributed by atoms with E-state index in [0.29, 0.717) is 12.5 Å². The van der Waals surface area contributed by atoms with Crippen LogP contribution in [-0.4, -0.2) is 23.9 Å². The Morgan fingerprint density at radius 3 is 2.08 bits per heavy atom. The predicted molar refractivity (Wildman–Crippen MR) is 51.2 cm³/mol. The first-order valence-electron chi connectivity index (χ1n) is 4.84. The normalized spacial score (nSPS) is 12.5. The molecule has 0 unspecified atom stereocenters. The van der Waals surface area contributed by atoms with Crippen molar-refractivity contribution in [2.45, 2.75) is 46.1 Å². The van der Waals surface area contributed by atoms with Crippen molar-refractivity contribution < 1.29 is 9.84 Å². The Morgan fingerprint density at radius 2 is 1.75 bits per heavy atom. The first-order chi connectivity index (χ1) is 5.54. The van der Waals surface area contributed by atoms with E-state index in [1.807, 2.05) is 13.8 Å². The lowest BCUT2D eigenvalue weighted by Gasteiger charge is -2.25. The van der Waals surface area contributed by atoms with E-state index >= 15 is 0 Å². The second-order valence-electron chi connectivity index (χ2n) is 3.84. The van der Waals surface area contributed by atoms with Gasteiger partial charge in [0.15, 0.2) is 0 Å². The smallest absolute Gasteiger partial charge is 0.0874 e. The minimum atomic E-state index is -0.602. The Balaban J connectivity index is 3.58. The van der Waals surface area contributed by atoms with Crippen LogP contribution in [0.25, 0.3) is 0 Å². The fourth-order valence-corrected chi connectivity index (χ4v) is 0.939. The van der Waals surface area contributed by atoms with Gasteiger partial charge in [0, 0.05) is 6.61 Å². The van der Waals surface area contributed by atoms with E-state index in [9.17, 15) is 5.11 Å². The van der Waals surface area contributed by atoms with Gasteiger partial charge in [-0.1, -0.05) is 27.7 Å². The van der Waals surface area contributed by atoms with E-state index in [0.717, 1.165) is 19.4 Å². The Kier molecular flexibility index (Phi) is 5.51. The van der Waals surface area contributed by atoms with Crippen LogP contribution in [0.2, 0.25) is 0 Å². The lowest BCUT2D eigenvalue weighted by molar-refractivity contribution is -0.0563. The quantitative estimate of drug-likeness (QED) is 0.669. The zero-order chi connectivity index (χ0) is 9.61. The van der Waals surface area contributed by atoms with E-state index in [1.54, 1.807) is 0 Å². The summed E-state index contributed by atoms with van der Waals surface area (Å²) in [5.74, 6) is 0.544. The molecule has 0 bridgehead atoms. The Bertz CT molecular complexity index is 106. The fraction of sp³-hybridized carbons (Fsp3) is 1.00. The molecule has 0 aliphatic heterocycles. The maximum absolute atomic E-state index is 9.82. The summed E-state index contributed by atoms with van der Waals surface area (Å²) in [6.07, 6.45) is 1.53. The fourth-order valence-electron chi connectivity index (χ4n) is 0.939. The number of hydrogen-bond acceptors (Lipinski definition) is 2. The number of ether oxygens (including phenoxy) is 1. The van der Waals surface area contributed by atoms with Crippen LogP contribution in [0.1, 0.15) is 40.5 Å². The third-order valence-corrected chi connectivity index (χ3v) is 2.14. The third kappa shape index (κ3) is 4.73. The van der Waals surface area contributed by atoms with Gasteiger partial charge in [-0.05, 0) is 18.8 Å². The van der Waals surface area contributed by atoms with Crippen molar-refractivity contribution >= 4 is 0 Å². The number of hydrogen-bond donors (Lipinski definition) is 1. The first kappa shape index (κ1) is 11.9. The zero-order valence-corrected chi connectivity index (χ0v) is 8.76. The summed E-state index contributed by atoms with van der Waals surface area (Å²) in [4.78, 5) is 0. The topological polar surface area (TPSA) is 29.5 Å². The van der Waals surface area contributed by atoms with E-state index < -0.39 is 5.60 Å². The molecule has 2 heteroatoms. The highest BCUT2D eigenvalue weighted by Gasteiger charge is 2.22. The summed E-state index contributed by atoms with van der Waals surface area (Å²) < 4.78 is 5.39. The van der Waals surface area contributed by atoms with Crippen molar-refractivity contribution in [1.82, 2.24) is 0 Å². The van der Waals surface area contributed by atoms with Gasteiger partial charge in [-0.3, -0.25) is 0 Å². The average Bonchev–Trinajstić information content (AvgIpc) is 2.03. The first-order valence-corrected chi connectivity index (χ1v) is 4.84. The van der Waals surface area contributed by atoms with E-state index in [-0.39, 0.29) is 0 Å². The maximum atomic E-state index is 9.82. The molecule has 0 aromatic heterocycles. The molecule has 0 spiro atoms. The second-order valence-corrected chi connectivity index (χ2v) is 3.84. The molecule has 0 aromatic carbocycles. The molecule has 0 radical (unpaired) electrons. The summed E-state index contributed by atoms with van der Waals surface area (Å²) in [5, 5.41) is 9.82. The standard InChI is InChI=1S/C10H22O2/c1-5-10(11,6-2)8-12-7-9(3)4/h9,11H,5-8H2,1-4H3. The van der Waals surface area contributed by atoms with Crippen LogP contribution in [-0.2, 0) is 4.74 Å². The van der Waals surface area contributed by atoms with Crippen LogP contribution in [0.15, 0.2) is 0 Å². The minimum absolute atomic E-state index is 0.470. The molecule has 0 saturated carbocycles. The molecule has 0 atom stereocenters. The molecule has 0 aliphatic rings. The molecule has 2 nitrogen and oxygen atoms in total.